The second-order valence-electron chi connectivity index (χ2n) is 9.47. The monoisotopic (exact) mass is 487 g/mol. The SMILES string of the molecule is CCn1cnc2c(N[C@H]3CCN(C(=O)OC(C)(C)C)C3)nc(NC(CC(F)(F)F)C(C)O)nc21. The van der Waals surface area contributed by atoms with Crippen molar-refractivity contribution in [1.82, 2.24) is 24.4 Å². The van der Waals surface area contributed by atoms with Gasteiger partial charge in [0.05, 0.1) is 24.9 Å². The van der Waals surface area contributed by atoms with Gasteiger partial charge in [-0.2, -0.15) is 23.1 Å². The summed E-state index contributed by atoms with van der Waals surface area (Å²) in [5, 5.41) is 15.8. The maximum Gasteiger partial charge on any atom is 0.410 e. The highest BCUT2D eigenvalue weighted by molar-refractivity contribution is 5.84. The highest BCUT2D eigenvalue weighted by Crippen LogP contribution is 2.27. The van der Waals surface area contributed by atoms with Crippen LogP contribution in [0.4, 0.5) is 29.7 Å². The summed E-state index contributed by atoms with van der Waals surface area (Å²) in [6, 6.07) is -1.48. The van der Waals surface area contributed by atoms with Gasteiger partial charge in [-0.25, -0.2) is 9.78 Å². The summed E-state index contributed by atoms with van der Waals surface area (Å²) in [6.07, 6.45) is -5.20. The molecule has 0 radical (unpaired) electrons. The fraction of sp³-hybridized carbons (Fsp3) is 0.714. The number of imidazole rings is 1. The average Bonchev–Trinajstić information content (AvgIpc) is 3.32. The Bertz CT molecular complexity index is 1000. The Morgan fingerprint density at radius 2 is 2.03 bits per heavy atom. The first-order valence-electron chi connectivity index (χ1n) is 11.2. The van der Waals surface area contributed by atoms with Crippen molar-refractivity contribution in [3.8, 4) is 0 Å². The molecular formula is C21H32F3N7O3. The lowest BCUT2D eigenvalue weighted by molar-refractivity contribution is -0.141. The van der Waals surface area contributed by atoms with Gasteiger partial charge in [-0.1, -0.05) is 0 Å². The maximum absolute atomic E-state index is 13.0. The standard InChI is InChI=1S/C21H32F3N7O3/c1-6-30-11-25-15-16(26-13-7-8-31(10-13)19(33)34-20(3,4)5)28-18(29-17(15)30)27-14(12(2)32)9-21(22,23)24/h11-14,32H,6-10H2,1-5H3,(H2,26,27,28,29)/t12?,13-,14?/m0/s1. The van der Waals surface area contributed by atoms with E-state index in [-0.39, 0.29) is 12.0 Å². The van der Waals surface area contributed by atoms with E-state index in [0.29, 0.717) is 43.0 Å². The van der Waals surface area contributed by atoms with E-state index in [1.165, 1.54) is 6.92 Å². The number of ether oxygens (including phenoxy) is 1. The summed E-state index contributed by atoms with van der Waals surface area (Å²) < 4.78 is 46.1. The molecule has 1 aliphatic rings. The van der Waals surface area contributed by atoms with E-state index in [4.69, 9.17) is 4.74 Å². The van der Waals surface area contributed by atoms with E-state index in [9.17, 15) is 23.1 Å². The van der Waals surface area contributed by atoms with E-state index in [0.717, 1.165) is 0 Å². The zero-order valence-electron chi connectivity index (χ0n) is 20.0. The Labute approximate surface area is 195 Å². The molecule has 2 aromatic rings. The average molecular weight is 488 g/mol. The molecule has 10 nitrogen and oxygen atoms in total. The lowest BCUT2D eigenvalue weighted by Gasteiger charge is -2.24. The summed E-state index contributed by atoms with van der Waals surface area (Å²) in [5.41, 5.74) is 0.305. The van der Waals surface area contributed by atoms with Crippen LogP contribution in [0.3, 0.4) is 0 Å². The highest BCUT2D eigenvalue weighted by atomic mass is 19.4. The largest absolute Gasteiger partial charge is 0.444 e. The third kappa shape index (κ3) is 6.61. The van der Waals surface area contributed by atoms with Crippen molar-refractivity contribution < 1.29 is 27.8 Å². The van der Waals surface area contributed by atoms with Gasteiger partial charge in [-0.15, -0.1) is 0 Å². The van der Waals surface area contributed by atoms with E-state index in [2.05, 4.69) is 25.6 Å². The smallest absolute Gasteiger partial charge is 0.410 e. The minimum absolute atomic E-state index is 0.0534. The lowest BCUT2D eigenvalue weighted by atomic mass is 10.1. The molecule has 0 aliphatic carbocycles. The van der Waals surface area contributed by atoms with Crippen LogP contribution in [0.2, 0.25) is 0 Å². The highest BCUT2D eigenvalue weighted by Gasteiger charge is 2.35. The molecule has 1 saturated heterocycles. The third-order valence-corrected chi connectivity index (χ3v) is 5.33. The molecule has 0 saturated carbocycles. The molecule has 34 heavy (non-hydrogen) atoms. The van der Waals surface area contributed by atoms with Crippen LogP contribution in [-0.4, -0.2) is 78.7 Å². The molecule has 0 spiro atoms. The fourth-order valence-corrected chi connectivity index (χ4v) is 3.66. The normalized spacial score (nSPS) is 18.7. The first kappa shape index (κ1) is 25.8. The maximum atomic E-state index is 13.0. The van der Waals surface area contributed by atoms with Gasteiger partial charge in [-0.3, -0.25) is 0 Å². The second kappa shape index (κ2) is 9.80. The Morgan fingerprint density at radius 3 is 2.62 bits per heavy atom. The van der Waals surface area contributed by atoms with Crippen molar-refractivity contribution in [3.63, 3.8) is 0 Å². The number of carbonyl (C=O) groups excluding carboxylic acids is 1. The first-order valence-corrected chi connectivity index (χ1v) is 11.2. The van der Waals surface area contributed by atoms with Crippen LogP contribution < -0.4 is 10.6 Å². The van der Waals surface area contributed by atoms with Crippen LogP contribution in [0.15, 0.2) is 6.33 Å². The van der Waals surface area contributed by atoms with Gasteiger partial charge in [-0.05, 0) is 41.0 Å². The van der Waals surface area contributed by atoms with Gasteiger partial charge in [0.2, 0.25) is 5.95 Å². The van der Waals surface area contributed by atoms with Crippen molar-refractivity contribution in [2.75, 3.05) is 23.7 Å². The number of halogens is 3. The van der Waals surface area contributed by atoms with E-state index >= 15 is 0 Å². The number of hydrogen-bond donors (Lipinski definition) is 3. The summed E-state index contributed by atoms with van der Waals surface area (Å²) in [6.45, 7) is 9.98. The Kier molecular flexibility index (Phi) is 7.44. The number of aliphatic hydroxyl groups is 1. The molecule has 190 valence electrons. The van der Waals surface area contributed by atoms with Crippen molar-refractivity contribution in [1.29, 1.82) is 0 Å². The molecule has 3 heterocycles. The molecule has 2 aromatic heterocycles. The molecule has 1 amide bonds. The number of nitrogens with one attached hydrogen (secondary N) is 2. The van der Waals surface area contributed by atoms with Gasteiger partial charge in [0.1, 0.15) is 5.60 Å². The van der Waals surface area contributed by atoms with Crippen LogP contribution in [0, 0.1) is 0 Å². The van der Waals surface area contributed by atoms with Crippen molar-refractivity contribution in [2.24, 2.45) is 0 Å². The molecule has 1 aliphatic heterocycles. The number of hydrogen-bond acceptors (Lipinski definition) is 8. The van der Waals surface area contributed by atoms with Crippen molar-refractivity contribution in [3.05, 3.63) is 6.33 Å². The van der Waals surface area contributed by atoms with Crippen LogP contribution in [0.25, 0.3) is 11.2 Å². The predicted molar refractivity (Wildman–Crippen MR) is 121 cm³/mol. The summed E-state index contributed by atoms with van der Waals surface area (Å²) in [7, 11) is 0. The molecule has 13 heteroatoms. The summed E-state index contributed by atoms with van der Waals surface area (Å²) >= 11 is 0. The Balaban J connectivity index is 1.83. The minimum atomic E-state index is -4.47. The van der Waals surface area contributed by atoms with Gasteiger partial charge >= 0.3 is 12.3 Å². The molecule has 3 atom stereocenters. The van der Waals surface area contributed by atoms with E-state index < -0.39 is 36.4 Å². The summed E-state index contributed by atoms with van der Waals surface area (Å²) in [5.74, 6) is 0.287. The predicted octanol–water partition coefficient (Wildman–Crippen LogP) is 3.38. The number of carbonyl (C=O) groups is 1. The van der Waals surface area contributed by atoms with Gasteiger partial charge in [0.15, 0.2) is 17.0 Å². The van der Waals surface area contributed by atoms with Crippen LogP contribution in [-0.2, 0) is 11.3 Å². The number of likely N-dealkylation sites (tertiary alicyclic amines) is 1. The zero-order chi connectivity index (χ0) is 25.3. The minimum Gasteiger partial charge on any atom is -0.444 e. The molecule has 3 rings (SSSR count). The van der Waals surface area contributed by atoms with Crippen LogP contribution in [0.1, 0.15) is 47.5 Å². The third-order valence-electron chi connectivity index (χ3n) is 5.33. The Hall–Kier alpha value is -2.83. The number of amides is 1. The molecule has 1 fully saturated rings. The lowest BCUT2D eigenvalue weighted by Crippen LogP contribution is -2.37. The van der Waals surface area contributed by atoms with Gasteiger partial charge in [0.25, 0.3) is 0 Å². The number of rotatable bonds is 7. The number of alkyl halides is 3. The van der Waals surface area contributed by atoms with Crippen molar-refractivity contribution >= 4 is 29.0 Å². The van der Waals surface area contributed by atoms with Crippen LogP contribution >= 0.6 is 0 Å². The first-order chi connectivity index (χ1) is 15.8. The quantitative estimate of drug-likeness (QED) is 0.544. The molecule has 2 unspecified atom stereocenters. The number of aromatic nitrogens is 4. The molecule has 0 bridgehead atoms. The Morgan fingerprint density at radius 1 is 1.32 bits per heavy atom. The number of aryl methyl sites for hydroxylation is 1. The summed E-state index contributed by atoms with van der Waals surface area (Å²) in [4.78, 5) is 27.1. The molecule has 0 aromatic carbocycles. The van der Waals surface area contributed by atoms with Crippen LogP contribution in [0.5, 0.6) is 0 Å². The second-order valence-corrected chi connectivity index (χ2v) is 9.47. The number of fused-ring (bicyclic) bond motifs is 1. The van der Waals surface area contributed by atoms with Gasteiger partial charge < -0.3 is 29.9 Å². The molecular weight excluding hydrogens is 455 g/mol. The van der Waals surface area contributed by atoms with E-state index in [1.54, 1.807) is 36.6 Å². The number of anilines is 2. The number of nitrogens with zero attached hydrogens (tertiary/aromatic N) is 5. The molecule has 3 N–H and O–H groups in total. The topological polar surface area (TPSA) is 117 Å². The zero-order valence-corrected chi connectivity index (χ0v) is 20.0. The fourth-order valence-electron chi connectivity index (χ4n) is 3.66. The number of aliphatic hydroxyl groups excluding tert-OH is 1. The van der Waals surface area contributed by atoms with Crippen molar-refractivity contribution in [2.45, 2.75) is 84.0 Å². The van der Waals surface area contributed by atoms with E-state index in [1.807, 2.05) is 6.92 Å². The van der Waals surface area contributed by atoms with Gasteiger partial charge in [0, 0.05) is 25.7 Å².